The summed E-state index contributed by atoms with van der Waals surface area (Å²) in [5.41, 5.74) is 1.05. The van der Waals surface area contributed by atoms with Crippen LogP contribution in [0.15, 0.2) is 18.2 Å². The third-order valence-electron chi connectivity index (χ3n) is 3.04. The molecule has 2 nitrogen and oxygen atoms in total. The lowest BCUT2D eigenvalue weighted by Gasteiger charge is -2.34. The molecule has 0 aliphatic heterocycles. The molecule has 0 unspecified atom stereocenters. The van der Waals surface area contributed by atoms with Crippen LogP contribution < -0.4 is 5.32 Å². The number of methoxy groups -OCH3 is 1. The molecule has 0 radical (unpaired) electrons. The molecule has 0 bridgehead atoms. The number of rotatable bonds is 4. The zero-order valence-corrected chi connectivity index (χ0v) is 10.7. The maximum Gasteiger partial charge on any atom is 0.0637 e. The zero-order valence-electron chi connectivity index (χ0n) is 9.17. The number of nitrogens with one attached hydrogen (secondary N) is 1. The lowest BCUT2D eigenvalue weighted by molar-refractivity contribution is 0.0170. The van der Waals surface area contributed by atoms with Crippen LogP contribution >= 0.6 is 23.2 Å². The van der Waals surface area contributed by atoms with Crippen LogP contribution in [0, 0.1) is 0 Å². The molecule has 0 atom stereocenters. The van der Waals surface area contributed by atoms with Gasteiger partial charge in [0.1, 0.15) is 0 Å². The topological polar surface area (TPSA) is 21.3 Å². The second kappa shape index (κ2) is 5.37. The Labute approximate surface area is 106 Å². The molecular weight excluding hydrogens is 245 g/mol. The maximum absolute atomic E-state index is 6.10. The van der Waals surface area contributed by atoms with Crippen LogP contribution in [0.1, 0.15) is 18.4 Å². The van der Waals surface area contributed by atoms with E-state index in [2.05, 4.69) is 5.32 Å². The number of benzene rings is 1. The zero-order chi connectivity index (χ0) is 11.5. The molecule has 1 aliphatic rings. The molecule has 0 amide bonds. The Morgan fingerprint density at radius 3 is 2.81 bits per heavy atom. The van der Waals surface area contributed by atoms with E-state index < -0.39 is 0 Å². The maximum atomic E-state index is 6.10. The number of halogens is 2. The van der Waals surface area contributed by atoms with Crippen LogP contribution in [0.5, 0.6) is 0 Å². The quantitative estimate of drug-likeness (QED) is 0.897. The molecule has 4 heteroatoms. The van der Waals surface area contributed by atoms with E-state index >= 15 is 0 Å². The molecule has 0 saturated heterocycles. The van der Waals surface area contributed by atoms with E-state index in [0.29, 0.717) is 22.2 Å². The Kier molecular flexibility index (Phi) is 4.09. The van der Waals surface area contributed by atoms with Crippen LogP contribution in [-0.4, -0.2) is 19.3 Å². The molecular formula is C12H15Cl2NO. The normalized spacial score (nSPS) is 24.2. The summed E-state index contributed by atoms with van der Waals surface area (Å²) in [6.45, 7) is 0.764. The number of ether oxygens (including phenoxy) is 1. The lowest BCUT2D eigenvalue weighted by Crippen LogP contribution is -2.44. The Balaban J connectivity index is 1.84. The van der Waals surface area contributed by atoms with Gasteiger partial charge in [0.25, 0.3) is 0 Å². The Hall–Kier alpha value is -0.280. The van der Waals surface area contributed by atoms with Gasteiger partial charge >= 0.3 is 0 Å². The van der Waals surface area contributed by atoms with Crippen LogP contribution in [0.2, 0.25) is 10.0 Å². The highest BCUT2D eigenvalue weighted by molar-refractivity contribution is 6.42. The number of hydrogen-bond donors (Lipinski definition) is 1. The molecule has 88 valence electrons. The lowest BCUT2D eigenvalue weighted by atomic mass is 9.89. The van der Waals surface area contributed by atoms with Crippen molar-refractivity contribution in [3.63, 3.8) is 0 Å². The van der Waals surface area contributed by atoms with Gasteiger partial charge in [-0.15, -0.1) is 0 Å². The van der Waals surface area contributed by atoms with Crippen LogP contribution in [0.4, 0.5) is 0 Å². The molecule has 0 heterocycles. The van der Waals surface area contributed by atoms with Gasteiger partial charge in [0.15, 0.2) is 0 Å². The van der Waals surface area contributed by atoms with Crippen LogP contribution in [-0.2, 0) is 11.3 Å². The predicted octanol–water partition coefficient (Wildman–Crippen LogP) is 3.26. The van der Waals surface area contributed by atoms with Gasteiger partial charge in [-0.05, 0) is 24.5 Å². The SMILES string of the molecule is COC1CC(NCc2cccc(Cl)c2Cl)C1. The summed E-state index contributed by atoms with van der Waals surface area (Å²) >= 11 is 12.0. The Bertz CT molecular complexity index is 364. The monoisotopic (exact) mass is 259 g/mol. The van der Waals surface area contributed by atoms with E-state index in [1.807, 2.05) is 12.1 Å². The summed E-state index contributed by atoms with van der Waals surface area (Å²) in [6.07, 6.45) is 2.58. The second-order valence-electron chi connectivity index (χ2n) is 4.12. The highest BCUT2D eigenvalue weighted by Gasteiger charge is 2.28. The molecule has 0 aromatic heterocycles. The van der Waals surface area contributed by atoms with Crippen molar-refractivity contribution >= 4 is 23.2 Å². The Morgan fingerprint density at radius 1 is 1.38 bits per heavy atom. The third-order valence-corrected chi connectivity index (χ3v) is 3.90. The summed E-state index contributed by atoms with van der Waals surface area (Å²) in [7, 11) is 1.76. The number of hydrogen-bond acceptors (Lipinski definition) is 2. The van der Waals surface area contributed by atoms with Crippen molar-refractivity contribution in [2.45, 2.75) is 31.5 Å². The first kappa shape index (κ1) is 12.2. The van der Waals surface area contributed by atoms with Gasteiger partial charge in [0.05, 0.1) is 16.1 Å². The van der Waals surface area contributed by atoms with Gasteiger partial charge in [-0.25, -0.2) is 0 Å². The first-order valence-electron chi connectivity index (χ1n) is 5.39. The van der Waals surface area contributed by atoms with Crippen molar-refractivity contribution in [1.82, 2.24) is 5.32 Å². The van der Waals surface area contributed by atoms with Gasteiger partial charge in [-0.3, -0.25) is 0 Å². The fraction of sp³-hybridized carbons (Fsp3) is 0.500. The van der Waals surface area contributed by atoms with Crippen molar-refractivity contribution < 1.29 is 4.74 Å². The summed E-state index contributed by atoms with van der Waals surface area (Å²) in [4.78, 5) is 0. The van der Waals surface area contributed by atoms with Gasteiger partial charge in [0.2, 0.25) is 0 Å². The van der Waals surface area contributed by atoms with E-state index in [9.17, 15) is 0 Å². The molecule has 1 aromatic rings. The highest BCUT2D eigenvalue weighted by atomic mass is 35.5. The van der Waals surface area contributed by atoms with E-state index in [4.69, 9.17) is 27.9 Å². The molecule has 1 saturated carbocycles. The Morgan fingerprint density at radius 2 is 2.12 bits per heavy atom. The molecule has 1 aliphatic carbocycles. The van der Waals surface area contributed by atoms with Gasteiger partial charge in [-0.1, -0.05) is 35.3 Å². The van der Waals surface area contributed by atoms with Crippen molar-refractivity contribution in [1.29, 1.82) is 0 Å². The molecule has 0 spiro atoms. The van der Waals surface area contributed by atoms with E-state index in [0.717, 1.165) is 24.9 Å². The highest BCUT2D eigenvalue weighted by Crippen LogP contribution is 2.27. The van der Waals surface area contributed by atoms with Gasteiger partial charge in [0, 0.05) is 19.7 Å². The summed E-state index contributed by atoms with van der Waals surface area (Å²) in [5.74, 6) is 0. The largest absolute Gasteiger partial charge is 0.381 e. The van der Waals surface area contributed by atoms with Crippen molar-refractivity contribution in [2.75, 3.05) is 7.11 Å². The standard InChI is InChI=1S/C12H15Cl2NO/c1-16-10-5-9(6-10)15-7-8-3-2-4-11(13)12(8)14/h2-4,9-10,15H,5-7H2,1H3. The van der Waals surface area contributed by atoms with Crippen LogP contribution in [0.3, 0.4) is 0 Å². The smallest absolute Gasteiger partial charge is 0.0637 e. The van der Waals surface area contributed by atoms with Gasteiger partial charge in [-0.2, -0.15) is 0 Å². The molecule has 1 N–H and O–H groups in total. The molecule has 2 rings (SSSR count). The minimum absolute atomic E-state index is 0.423. The van der Waals surface area contributed by atoms with Gasteiger partial charge < -0.3 is 10.1 Å². The average Bonchev–Trinajstić information content (AvgIpc) is 2.22. The third kappa shape index (κ3) is 2.69. The molecule has 1 fully saturated rings. The average molecular weight is 260 g/mol. The van der Waals surface area contributed by atoms with E-state index in [1.54, 1.807) is 13.2 Å². The van der Waals surface area contributed by atoms with Crippen LogP contribution in [0.25, 0.3) is 0 Å². The minimum Gasteiger partial charge on any atom is -0.381 e. The summed E-state index contributed by atoms with van der Waals surface area (Å²) < 4.78 is 5.22. The summed E-state index contributed by atoms with van der Waals surface area (Å²) in [5, 5.41) is 4.71. The second-order valence-corrected chi connectivity index (χ2v) is 4.91. The van der Waals surface area contributed by atoms with Crippen molar-refractivity contribution in [3.05, 3.63) is 33.8 Å². The van der Waals surface area contributed by atoms with E-state index in [1.165, 1.54) is 0 Å². The first-order chi connectivity index (χ1) is 7.70. The summed E-state index contributed by atoms with van der Waals surface area (Å²) in [6, 6.07) is 6.26. The molecule has 1 aromatic carbocycles. The van der Waals surface area contributed by atoms with E-state index in [-0.39, 0.29) is 0 Å². The van der Waals surface area contributed by atoms with Crippen molar-refractivity contribution in [3.8, 4) is 0 Å². The predicted molar refractivity (Wildman–Crippen MR) is 67.1 cm³/mol. The first-order valence-corrected chi connectivity index (χ1v) is 6.15. The molecule has 16 heavy (non-hydrogen) atoms. The fourth-order valence-corrected chi connectivity index (χ4v) is 2.25. The van der Waals surface area contributed by atoms with Crippen molar-refractivity contribution in [2.24, 2.45) is 0 Å². The minimum atomic E-state index is 0.423. The fourth-order valence-electron chi connectivity index (χ4n) is 1.86.